The van der Waals surface area contributed by atoms with E-state index in [-0.39, 0.29) is 5.91 Å². The van der Waals surface area contributed by atoms with Crippen LogP contribution < -0.4 is 5.32 Å². The Morgan fingerprint density at radius 1 is 1.23 bits per heavy atom. The van der Waals surface area contributed by atoms with Gasteiger partial charge in [0.05, 0.1) is 23.1 Å². The van der Waals surface area contributed by atoms with Gasteiger partial charge in [-0.1, -0.05) is 23.5 Å². The first-order chi connectivity index (χ1) is 10.5. The summed E-state index contributed by atoms with van der Waals surface area (Å²) in [5, 5.41) is 16.1. The van der Waals surface area contributed by atoms with E-state index in [1.165, 1.54) is 11.3 Å². The van der Waals surface area contributed by atoms with Crippen LogP contribution in [0.4, 0.5) is 5.13 Å². The Balaban J connectivity index is 1.88. The fourth-order valence-corrected chi connectivity index (χ4v) is 2.75. The van der Waals surface area contributed by atoms with Gasteiger partial charge in [0.15, 0.2) is 0 Å². The van der Waals surface area contributed by atoms with Crippen molar-refractivity contribution in [2.24, 2.45) is 0 Å². The van der Waals surface area contributed by atoms with Crippen LogP contribution >= 0.6 is 11.3 Å². The fourth-order valence-electron chi connectivity index (χ4n) is 2.16. The third-order valence-electron chi connectivity index (χ3n) is 3.25. The molecular formula is C15H15N5OS. The van der Waals surface area contributed by atoms with Crippen molar-refractivity contribution >= 4 is 22.4 Å². The van der Waals surface area contributed by atoms with Crippen LogP contribution in [0.1, 0.15) is 26.6 Å². The van der Waals surface area contributed by atoms with Gasteiger partial charge in [-0.05, 0) is 38.5 Å². The molecule has 1 amide bonds. The Kier molecular flexibility index (Phi) is 3.72. The average Bonchev–Trinajstić information content (AvgIpc) is 3.05. The van der Waals surface area contributed by atoms with E-state index in [1.807, 2.05) is 45.0 Å². The molecule has 0 bridgehead atoms. The summed E-state index contributed by atoms with van der Waals surface area (Å²) in [4.78, 5) is 12.3. The first-order valence-corrected chi connectivity index (χ1v) is 7.59. The predicted octanol–water partition coefficient (Wildman–Crippen LogP) is 2.90. The Morgan fingerprint density at radius 2 is 2.05 bits per heavy atom. The maximum atomic E-state index is 12.3. The van der Waals surface area contributed by atoms with Gasteiger partial charge in [0.25, 0.3) is 5.91 Å². The van der Waals surface area contributed by atoms with Crippen molar-refractivity contribution in [3.63, 3.8) is 0 Å². The number of aromatic nitrogens is 4. The van der Waals surface area contributed by atoms with E-state index in [0.717, 1.165) is 22.0 Å². The number of anilines is 1. The number of carbonyl (C=O) groups is 1. The Hall–Kier alpha value is -2.54. The molecule has 3 aromatic rings. The molecule has 1 N–H and O–H groups in total. The predicted molar refractivity (Wildman–Crippen MR) is 85.6 cm³/mol. The molecular weight excluding hydrogens is 298 g/mol. The molecule has 0 spiro atoms. The van der Waals surface area contributed by atoms with Crippen molar-refractivity contribution < 1.29 is 4.79 Å². The minimum absolute atomic E-state index is 0.229. The van der Waals surface area contributed by atoms with E-state index in [2.05, 4.69) is 20.6 Å². The second-order valence-corrected chi connectivity index (χ2v) is 6.16. The normalized spacial score (nSPS) is 10.7. The smallest absolute Gasteiger partial charge is 0.260 e. The van der Waals surface area contributed by atoms with Crippen LogP contribution in [0.25, 0.3) is 5.69 Å². The molecule has 0 aliphatic heterocycles. The van der Waals surface area contributed by atoms with Gasteiger partial charge in [-0.3, -0.25) is 10.1 Å². The number of aryl methyl sites for hydroxylation is 2. The van der Waals surface area contributed by atoms with Gasteiger partial charge in [0.1, 0.15) is 5.01 Å². The van der Waals surface area contributed by atoms with Crippen molar-refractivity contribution in [1.29, 1.82) is 0 Å². The van der Waals surface area contributed by atoms with Crippen LogP contribution in [0.2, 0.25) is 0 Å². The minimum atomic E-state index is -0.229. The highest BCUT2D eigenvalue weighted by Crippen LogP contribution is 2.18. The van der Waals surface area contributed by atoms with E-state index in [1.54, 1.807) is 10.9 Å². The Morgan fingerprint density at radius 3 is 2.73 bits per heavy atom. The molecule has 0 aliphatic rings. The number of nitrogens with one attached hydrogen (secondary N) is 1. The average molecular weight is 313 g/mol. The first-order valence-electron chi connectivity index (χ1n) is 6.78. The fraction of sp³-hybridized carbons (Fsp3) is 0.200. The van der Waals surface area contributed by atoms with E-state index in [9.17, 15) is 4.79 Å². The molecule has 2 heterocycles. The number of hydrogen-bond donors (Lipinski definition) is 1. The van der Waals surface area contributed by atoms with Crippen molar-refractivity contribution in [2.75, 3.05) is 5.32 Å². The van der Waals surface area contributed by atoms with Gasteiger partial charge < -0.3 is 0 Å². The lowest BCUT2D eigenvalue weighted by Gasteiger charge is -2.06. The number of carbonyl (C=O) groups excluding carboxylic acids is 1. The number of amides is 1. The highest BCUT2D eigenvalue weighted by atomic mass is 32.1. The van der Waals surface area contributed by atoms with Crippen LogP contribution in [0, 0.1) is 20.8 Å². The molecule has 6 nitrogen and oxygen atoms in total. The van der Waals surface area contributed by atoms with E-state index >= 15 is 0 Å². The number of nitrogens with zero attached hydrogens (tertiary/aromatic N) is 4. The summed E-state index contributed by atoms with van der Waals surface area (Å²) < 4.78 is 1.76. The largest absolute Gasteiger partial charge is 0.296 e. The quantitative estimate of drug-likeness (QED) is 0.807. The van der Waals surface area contributed by atoms with Gasteiger partial charge in [-0.15, -0.1) is 10.2 Å². The van der Waals surface area contributed by atoms with Crippen molar-refractivity contribution in [1.82, 2.24) is 20.0 Å². The van der Waals surface area contributed by atoms with E-state index in [4.69, 9.17) is 0 Å². The highest BCUT2D eigenvalue weighted by molar-refractivity contribution is 7.15. The molecule has 112 valence electrons. The standard InChI is InChI=1S/C15H15N5OS/c1-9-5-4-6-12(7-9)20-10(2)13(8-16-20)14(21)17-15-19-18-11(3)22-15/h4-8H,1-3H3,(H,17,19,21). The van der Waals surface area contributed by atoms with Crippen molar-refractivity contribution in [3.8, 4) is 5.69 Å². The van der Waals surface area contributed by atoms with Gasteiger partial charge in [-0.25, -0.2) is 4.68 Å². The lowest BCUT2D eigenvalue weighted by atomic mass is 10.2. The monoisotopic (exact) mass is 313 g/mol. The van der Waals surface area contributed by atoms with Crippen LogP contribution in [-0.2, 0) is 0 Å². The molecule has 0 saturated heterocycles. The van der Waals surface area contributed by atoms with Crippen LogP contribution in [0.15, 0.2) is 30.5 Å². The summed E-state index contributed by atoms with van der Waals surface area (Å²) in [6, 6.07) is 7.97. The lowest BCUT2D eigenvalue weighted by molar-refractivity contribution is 0.102. The van der Waals surface area contributed by atoms with Gasteiger partial charge in [0.2, 0.25) is 5.13 Å². The van der Waals surface area contributed by atoms with Crippen molar-refractivity contribution in [3.05, 3.63) is 52.3 Å². The van der Waals surface area contributed by atoms with Crippen LogP contribution in [0.5, 0.6) is 0 Å². The summed E-state index contributed by atoms with van der Waals surface area (Å²) in [5.41, 5.74) is 3.38. The molecule has 7 heteroatoms. The number of hydrogen-bond acceptors (Lipinski definition) is 5. The van der Waals surface area contributed by atoms with Crippen molar-refractivity contribution in [2.45, 2.75) is 20.8 Å². The highest BCUT2D eigenvalue weighted by Gasteiger charge is 2.16. The second-order valence-electron chi connectivity index (χ2n) is 4.97. The second kappa shape index (κ2) is 5.69. The van der Waals surface area contributed by atoms with E-state index in [0.29, 0.717) is 10.7 Å². The van der Waals surface area contributed by atoms with Crippen LogP contribution in [-0.4, -0.2) is 25.9 Å². The maximum Gasteiger partial charge on any atom is 0.260 e. The summed E-state index contributed by atoms with van der Waals surface area (Å²) in [5.74, 6) is -0.229. The third kappa shape index (κ3) is 2.75. The summed E-state index contributed by atoms with van der Waals surface area (Å²) in [6.45, 7) is 5.73. The van der Waals surface area contributed by atoms with E-state index < -0.39 is 0 Å². The molecule has 0 saturated carbocycles. The zero-order valence-electron chi connectivity index (χ0n) is 12.5. The summed E-state index contributed by atoms with van der Waals surface area (Å²) in [7, 11) is 0. The molecule has 22 heavy (non-hydrogen) atoms. The van der Waals surface area contributed by atoms with Crippen LogP contribution in [0.3, 0.4) is 0 Å². The zero-order chi connectivity index (χ0) is 15.7. The Bertz CT molecular complexity index is 836. The lowest BCUT2D eigenvalue weighted by Crippen LogP contribution is -2.13. The topological polar surface area (TPSA) is 72.7 Å². The molecule has 0 aliphatic carbocycles. The van der Waals surface area contributed by atoms with Gasteiger partial charge in [-0.2, -0.15) is 5.10 Å². The number of rotatable bonds is 3. The van der Waals surface area contributed by atoms with Gasteiger partial charge in [0, 0.05) is 0 Å². The van der Waals surface area contributed by atoms with Gasteiger partial charge >= 0.3 is 0 Å². The molecule has 2 aromatic heterocycles. The Labute approximate surface area is 131 Å². The molecule has 0 atom stereocenters. The summed E-state index contributed by atoms with van der Waals surface area (Å²) in [6.07, 6.45) is 1.57. The molecule has 1 aromatic carbocycles. The molecule has 0 fully saturated rings. The summed E-state index contributed by atoms with van der Waals surface area (Å²) >= 11 is 1.34. The molecule has 3 rings (SSSR count). The zero-order valence-corrected chi connectivity index (χ0v) is 13.3. The third-order valence-corrected chi connectivity index (χ3v) is 4.00. The SMILES string of the molecule is Cc1cccc(-n2ncc(C(=O)Nc3nnc(C)s3)c2C)c1. The molecule has 0 unspecified atom stereocenters. The minimum Gasteiger partial charge on any atom is -0.296 e. The maximum absolute atomic E-state index is 12.3. The molecule has 0 radical (unpaired) electrons. The number of benzene rings is 1. The first kappa shape index (κ1) is 14.4.